The number of methoxy groups -OCH3 is 1. The van der Waals surface area contributed by atoms with Crippen molar-refractivity contribution in [3.8, 4) is 17.1 Å². The fourth-order valence-electron chi connectivity index (χ4n) is 3.09. The molecule has 31 heavy (non-hydrogen) atoms. The Labute approximate surface area is 181 Å². The summed E-state index contributed by atoms with van der Waals surface area (Å²) in [6.45, 7) is 3.85. The summed E-state index contributed by atoms with van der Waals surface area (Å²) in [6.07, 6.45) is 3.22. The van der Waals surface area contributed by atoms with Gasteiger partial charge in [-0.25, -0.2) is 13.4 Å². The van der Waals surface area contributed by atoms with Crippen molar-refractivity contribution in [1.29, 1.82) is 0 Å². The van der Waals surface area contributed by atoms with E-state index < -0.39 is 22.0 Å². The number of carbonyl (C=O) groups is 1. The highest BCUT2D eigenvalue weighted by atomic mass is 32.2. The maximum absolute atomic E-state index is 13.0. The number of oxazole rings is 1. The summed E-state index contributed by atoms with van der Waals surface area (Å²) in [5, 5.41) is 2.78. The van der Waals surface area contributed by atoms with E-state index in [1.807, 2.05) is 13.8 Å². The molecule has 2 aromatic carbocycles. The molecule has 1 heterocycles. The highest BCUT2D eigenvalue weighted by Crippen LogP contribution is 2.32. The second kappa shape index (κ2) is 9.76. The second-order valence-electron chi connectivity index (χ2n) is 7.39. The van der Waals surface area contributed by atoms with Crippen molar-refractivity contribution in [1.82, 2.24) is 9.71 Å². The normalized spacial score (nSPS) is 12.5. The van der Waals surface area contributed by atoms with Gasteiger partial charge in [-0.3, -0.25) is 4.79 Å². The van der Waals surface area contributed by atoms with Gasteiger partial charge in [-0.1, -0.05) is 32.0 Å². The van der Waals surface area contributed by atoms with Crippen LogP contribution in [0.25, 0.3) is 11.3 Å². The van der Waals surface area contributed by atoms with Gasteiger partial charge in [0.25, 0.3) is 0 Å². The molecular formula is C22H25N3O5S. The Balaban J connectivity index is 1.81. The summed E-state index contributed by atoms with van der Waals surface area (Å²) in [6, 6.07) is 12.1. The van der Waals surface area contributed by atoms with E-state index in [2.05, 4.69) is 15.0 Å². The summed E-state index contributed by atoms with van der Waals surface area (Å²) in [5.74, 6) is 0.656. The molecule has 164 valence electrons. The third-order valence-corrected chi connectivity index (χ3v) is 6.03. The lowest BCUT2D eigenvalue weighted by Crippen LogP contribution is -2.44. The van der Waals surface area contributed by atoms with Gasteiger partial charge in [0.05, 0.1) is 23.8 Å². The standard InChI is InChI=1S/C22H25N3O5S/c1-15(2)11-19(25-31(27,28)17-7-5-4-6-8-17)22(26)24-16-9-10-18(20(12-16)29-3)21-13-23-14-30-21/h4-10,12-15,19,25H,11H2,1-3H3,(H,24,26)/t19-/m1/s1. The molecule has 3 rings (SSSR count). The number of sulfonamides is 1. The summed E-state index contributed by atoms with van der Waals surface area (Å²) < 4.78 is 38.7. The lowest BCUT2D eigenvalue weighted by molar-refractivity contribution is -0.118. The molecule has 9 heteroatoms. The Morgan fingerprint density at radius 3 is 2.52 bits per heavy atom. The van der Waals surface area contributed by atoms with Crippen molar-refractivity contribution < 1.29 is 22.4 Å². The number of anilines is 1. The number of aromatic nitrogens is 1. The number of amides is 1. The zero-order valence-electron chi connectivity index (χ0n) is 17.5. The van der Waals surface area contributed by atoms with Crippen molar-refractivity contribution >= 4 is 21.6 Å². The van der Waals surface area contributed by atoms with Crippen LogP contribution in [0.15, 0.2) is 70.4 Å². The highest BCUT2D eigenvalue weighted by molar-refractivity contribution is 7.89. The molecule has 8 nitrogen and oxygen atoms in total. The van der Waals surface area contributed by atoms with Crippen LogP contribution in [-0.2, 0) is 14.8 Å². The van der Waals surface area contributed by atoms with Crippen LogP contribution in [0.5, 0.6) is 5.75 Å². The maximum Gasteiger partial charge on any atom is 0.242 e. The van der Waals surface area contributed by atoms with Crippen molar-refractivity contribution in [2.24, 2.45) is 5.92 Å². The van der Waals surface area contributed by atoms with Crippen molar-refractivity contribution in [2.45, 2.75) is 31.2 Å². The summed E-state index contributed by atoms with van der Waals surface area (Å²) in [4.78, 5) is 17.0. The van der Waals surface area contributed by atoms with Gasteiger partial charge in [-0.05, 0) is 36.6 Å². The summed E-state index contributed by atoms with van der Waals surface area (Å²) in [5.41, 5.74) is 1.15. The molecular weight excluding hydrogens is 418 g/mol. The van der Waals surface area contributed by atoms with Gasteiger partial charge in [0, 0.05) is 11.8 Å². The minimum Gasteiger partial charge on any atom is -0.496 e. The van der Waals surface area contributed by atoms with Crippen LogP contribution in [0.4, 0.5) is 5.69 Å². The molecule has 2 N–H and O–H groups in total. The number of nitrogens with zero attached hydrogens (tertiary/aromatic N) is 1. The molecule has 3 aromatic rings. The topological polar surface area (TPSA) is 111 Å². The molecule has 0 aliphatic rings. The van der Waals surface area contributed by atoms with Crippen LogP contribution < -0.4 is 14.8 Å². The van der Waals surface area contributed by atoms with E-state index in [1.165, 1.54) is 25.6 Å². The number of nitrogens with one attached hydrogen (secondary N) is 2. The Bertz CT molecular complexity index is 1110. The SMILES string of the molecule is COc1cc(NC(=O)[C@@H](CC(C)C)NS(=O)(=O)c2ccccc2)ccc1-c1cnco1. The number of ether oxygens (including phenoxy) is 1. The molecule has 0 saturated carbocycles. The van der Waals surface area contributed by atoms with Crippen molar-refractivity contribution in [2.75, 3.05) is 12.4 Å². The molecule has 1 amide bonds. The number of rotatable bonds is 9. The van der Waals surface area contributed by atoms with E-state index in [0.29, 0.717) is 29.2 Å². The Kier molecular flexibility index (Phi) is 7.09. The third-order valence-electron chi connectivity index (χ3n) is 4.54. The van der Waals surface area contributed by atoms with Gasteiger partial charge in [0.1, 0.15) is 11.8 Å². The first-order valence-electron chi connectivity index (χ1n) is 9.75. The minimum absolute atomic E-state index is 0.0950. The van der Waals surface area contributed by atoms with Gasteiger partial charge in [-0.15, -0.1) is 0 Å². The lowest BCUT2D eigenvalue weighted by Gasteiger charge is -2.20. The summed E-state index contributed by atoms with van der Waals surface area (Å²) in [7, 11) is -2.34. The molecule has 0 aliphatic carbocycles. The maximum atomic E-state index is 13.0. The number of hydrogen-bond acceptors (Lipinski definition) is 6. The minimum atomic E-state index is -3.85. The van der Waals surface area contributed by atoms with Crippen LogP contribution in [0.3, 0.4) is 0 Å². The van der Waals surface area contributed by atoms with Gasteiger partial charge in [-0.2, -0.15) is 4.72 Å². The Morgan fingerprint density at radius 1 is 1.16 bits per heavy atom. The third kappa shape index (κ3) is 5.71. The first kappa shape index (κ1) is 22.5. The quantitative estimate of drug-likeness (QED) is 0.522. The molecule has 0 fully saturated rings. The molecule has 1 atom stereocenters. The van der Waals surface area contributed by atoms with E-state index in [0.717, 1.165) is 0 Å². The Hall–Kier alpha value is -3.17. The average Bonchev–Trinajstić information content (AvgIpc) is 3.28. The number of carbonyl (C=O) groups excluding carboxylic acids is 1. The Morgan fingerprint density at radius 2 is 1.90 bits per heavy atom. The van der Waals surface area contributed by atoms with Crippen LogP contribution in [-0.4, -0.2) is 32.5 Å². The van der Waals surface area contributed by atoms with Gasteiger partial charge >= 0.3 is 0 Å². The second-order valence-corrected chi connectivity index (χ2v) is 9.10. The highest BCUT2D eigenvalue weighted by Gasteiger charge is 2.27. The van der Waals surface area contributed by atoms with Gasteiger partial charge < -0.3 is 14.5 Å². The van der Waals surface area contributed by atoms with E-state index in [4.69, 9.17) is 9.15 Å². The fraction of sp³-hybridized carbons (Fsp3) is 0.273. The average molecular weight is 444 g/mol. The molecule has 0 radical (unpaired) electrons. The zero-order valence-corrected chi connectivity index (χ0v) is 18.3. The first-order chi connectivity index (χ1) is 14.8. The van der Waals surface area contributed by atoms with E-state index in [9.17, 15) is 13.2 Å². The molecule has 0 unspecified atom stereocenters. The van der Waals surface area contributed by atoms with Crippen LogP contribution in [0, 0.1) is 5.92 Å². The predicted molar refractivity (Wildman–Crippen MR) is 117 cm³/mol. The molecule has 0 saturated heterocycles. The lowest BCUT2D eigenvalue weighted by atomic mass is 10.0. The number of benzene rings is 2. The van der Waals surface area contributed by atoms with E-state index in [1.54, 1.807) is 42.6 Å². The zero-order chi connectivity index (χ0) is 22.4. The molecule has 0 aliphatic heterocycles. The smallest absolute Gasteiger partial charge is 0.242 e. The van der Waals surface area contributed by atoms with Crippen LogP contribution in [0.2, 0.25) is 0 Å². The largest absolute Gasteiger partial charge is 0.496 e. The van der Waals surface area contributed by atoms with Crippen LogP contribution >= 0.6 is 0 Å². The summed E-state index contributed by atoms with van der Waals surface area (Å²) >= 11 is 0. The monoisotopic (exact) mass is 443 g/mol. The fourth-order valence-corrected chi connectivity index (χ4v) is 4.32. The molecule has 0 spiro atoms. The van der Waals surface area contributed by atoms with E-state index >= 15 is 0 Å². The van der Waals surface area contributed by atoms with Crippen molar-refractivity contribution in [3.63, 3.8) is 0 Å². The first-order valence-corrected chi connectivity index (χ1v) is 11.2. The van der Waals surface area contributed by atoms with Crippen molar-refractivity contribution in [3.05, 3.63) is 61.1 Å². The number of hydrogen-bond donors (Lipinski definition) is 2. The van der Waals surface area contributed by atoms with Gasteiger partial charge in [0.15, 0.2) is 12.2 Å². The molecule has 1 aromatic heterocycles. The van der Waals surface area contributed by atoms with Crippen LogP contribution in [0.1, 0.15) is 20.3 Å². The van der Waals surface area contributed by atoms with Gasteiger partial charge in [0.2, 0.25) is 15.9 Å². The van der Waals surface area contributed by atoms with E-state index in [-0.39, 0.29) is 10.8 Å². The predicted octanol–water partition coefficient (Wildman–Crippen LogP) is 3.68. The molecule has 0 bridgehead atoms.